The molecule has 0 saturated carbocycles. The van der Waals surface area contributed by atoms with Gasteiger partial charge in [-0.2, -0.15) is 0 Å². The predicted molar refractivity (Wildman–Crippen MR) is 222 cm³/mol. The summed E-state index contributed by atoms with van der Waals surface area (Å²) >= 11 is 3.54. The molecule has 0 spiro atoms. The molecule has 2 N–H and O–H groups in total. The van der Waals surface area contributed by atoms with Crippen molar-refractivity contribution in [2.45, 2.75) is 19.6 Å². The highest BCUT2D eigenvalue weighted by atomic mass is 32.2. The Morgan fingerprint density at radius 2 is 0.528 bits per heavy atom. The van der Waals surface area contributed by atoms with E-state index in [0.29, 0.717) is 0 Å². The molecule has 0 fully saturated rings. The van der Waals surface area contributed by atoms with Crippen LogP contribution in [0.5, 0.6) is 23.0 Å². The average molecular weight is 727 g/mol. The summed E-state index contributed by atoms with van der Waals surface area (Å²) in [6, 6.07) is 74.2. The maximum Gasteiger partial charge on any atom is 0.128 e. The summed E-state index contributed by atoms with van der Waals surface area (Å²) in [4.78, 5) is 4.93. The molecule has 8 aromatic carbocycles. The van der Waals surface area contributed by atoms with Gasteiger partial charge in [0.1, 0.15) is 23.0 Å². The Morgan fingerprint density at radius 1 is 0.245 bits per heavy atom. The first-order chi connectivity index (χ1) is 25.7. The normalized spacial score (nSPS) is 10.3. The first-order valence-corrected chi connectivity index (χ1v) is 18.7. The van der Waals surface area contributed by atoms with Gasteiger partial charge in [0.2, 0.25) is 0 Å². The highest BCUT2D eigenvalue weighted by molar-refractivity contribution is 7.99. The van der Waals surface area contributed by atoms with Gasteiger partial charge < -0.3 is 14.9 Å². The summed E-state index contributed by atoms with van der Waals surface area (Å²) in [6.07, 6.45) is 0. The van der Waals surface area contributed by atoms with Gasteiger partial charge in [-0.1, -0.05) is 145 Å². The van der Waals surface area contributed by atoms with Crippen molar-refractivity contribution < 1.29 is 14.9 Å². The molecule has 0 aliphatic rings. The van der Waals surface area contributed by atoms with Crippen LogP contribution in [0.3, 0.4) is 0 Å². The quantitative estimate of drug-likeness (QED) is 0.141. The van der Waals surface area contributed by atoms with Crippen LogP contribution in [0.4, 0.5) is 0 Å². The molecule has 0 aliphatic carbocycles. The number of hydrogen-bond acceptors (Lipinski definition) is 4. The predicted octanol–water partition coefficient (Wildman–Crippen LogP) is 13.8. The molecule has 0 heterocycles. The Kier molecular flexibility index (Phi) is 13.2. The average Bonchev–Trinajstić information content (AvgIpc) is 3.20. The van der Waals surface area contributed by atoms with Crippen molar-refractivity contribution in [3.05, 3.63) is 218 Å². The van der Waals surface area contributed by atoms with Crippen LogP contribution in [0.1, 0.15) is 0 Å². The lowest BCUT2D eigenvalue weighted by Gasteiger charge is -2.09. The zero-order valence-corrected chi connectivity index (χ0v) is 30.6. The van der Waals surface area contributed by atoms with Crippen LogP contribution < -0.4 is 9.47 Å². The van der Waals surface area contributed by atoms with E-state index in [2.05, 4.69) is 121 Å². The minimum absolute atomic E-state index is 0. The largest absolute Gasteiger partial charge is 0.457 e. The lowest BCUT2D eigenvalue weighted by atomic mass is 10.1. The van der Waals surface area contributed by atoms with Gasteiger partial charge in [0, 0.05) is 19.6 Å². The van der Waals surface area contributed by atoms with E-state index in [1.165, 1.54) is 30.7 Å². The van der Waals surface area contributed by atoms with Crippen molar-refractivity contribution in [2.24, 2.45) is 0 Å². The highest BCUT2D eigenvalue weighted by Crippen LogP contribution is 2.34. The Morgan fingerprint density at radius 3 is 0.906 bits per heavy atom. The SMILES string of the molecule is O.c1ccc(Oc2cccc(-c3cccc(Sc4ccccc4)c3)c2)cc1.c1ccc(Oc2cccc(-c3cccc(Sc4ccccc4)c3)c2)cc1. The van der Waals surface area contributed by atoms with E-state index in [9.17, 15) is 0 Å². The Balaban J connectivity index is 0.000000178. The lowest BCUT2D eigenvalue weighted by molar-refractivity contribution is 0.482. The summed E-state index contributed by atoms with van der Waals surface area (Å²) < 4.78 is 11.9. The van der Waals surface area contributed by atoms with Gasteiger partial charge in [-0.05, 0) is 119 Å². The van der Waals surface area contributed by atoms with Crippen molar-refractivity contribution >= 4 is 23.5 Å². The Bertz CT molecular complexity index is 1970. The molecule has 5 heteroatoms. The third-order valence-electron chi connectivity index (χ3n) is 7.92. The minimum atomic E-state index is 0. The van der Waals surface area contributed by atoms with Gasteiger partial charge in [-0.25, -0.2) is 0 Å². The van der Waals surface area contributed by atoms with Crippen LogP contribution in [0.15, 0.2) is 238 Å². The van der Waals surface area contributed by atoms with Crippen LogP contribution in [-0.4, -0.2) is 5.48 Å². The molecule has 8 aromatic rings. The number of para-hydroxylation sites is 2. The molecule has 8 rings (SSSR count). The molecule has 0 aromatic heterocycles. The van der Waals surface area contributed by atoms with Crippen molar-refractivity contribution in [2.75, 3.05) is 0 Å². The molecule has 0 unspecified atom stereocenters. The summed E-state index contributed by atoms with van der Waals surface area (Å²) in [5.41, 5.74) is 4.66. The topological polar surface area (TPSA) is 50.0 Å². The van der Waals surface area contributed by atoms with E-state index in [-0.39, 0.29) is 5.48 Å². The van der Waals surface area contributed by atoms with Crippen LogP contribution >= 0.6 is 23.5 Å². The zero-order valence-electron chi connectivity index (χ0n) is 28.9. The number of rotatable bonds is 10. The van der Waals surface area contributed by atoms with E-state index < -0.39 is 0 Å². The van der Waals surface area contributed by atoms with Crippen molar-refractivity contribution in [3.63, 3.8) is 0 Å². The van der Waals surface area contributed by atoms with E-state index in [1.54, 1.807) is 23.5 Å². The van der Waals surface area contributed by atoms with Crippen molar-refractivity contribution in [3.8, 4) is 45.3 Å². The number of benzene rings is 8. The molecule has 53 heavy (non-hydrogen) atoms. The molecule has 0 amide bonds. The molecule has 0 radical (unpaired) electrons. The monoisotopic (exact) mass is 726 g/mol. The van der Waals surface area contributed by atoms with Crippen LogP contribution in [0.25, 0.3) is 22.3 Å². The summed E-state index contributed by atoms with van der Waals surface area (Å²) in [5, 5.41) is 0. The van der Waals surface area contributed by atoms with E-state index in [0.717, 1.165) is 34.1 Å². The molecule has 260 valence electrons. The van der Waals surface area contributed by atoms with Crippen LogP contribution in [-0.2, 0) is 0 Å². The summed E-state index contributed by atoms with van der Waals surface area (Å²) in [6.45, 7) is 0. The molecule has 0 atom stereocenters. The van der Waals surface area contributed by atoms with Crippen molar-refractivity contribution in [1.82, 2.24) is 0 Å². The van der Waals surface area contributed by atoms with Gasteiger partial charge >= 0.3 is 0 Å². The lowest BCUT2D eigenvalue weighted by Crippen LogP contribution is -1.85. The Labute approximate surface area is 320 Å². The zero-order chi connectivity index (χ0) is 35.2. The fraction of sp³-hybridized carbons (Fsp3) is 0. The van der Waals surface area contributed by atoms with E-state index in [1.807, 2.05) is 97.1 Å². The van der Waals surface area contributed by atoms with Gasteiger partial charge in [0.25, 0.3) is 0 Å². The smallest absolute Gasteiger partial charge is 0.128 e. The molecular weight excluding hydrogens is 689 g/mol. The van der Waals surface area contributed by atoms with Crippen LogP contribution in [0.2, 0.25) is 0 Å². The van der Waals surface area contributed by atoms with Gasteiger partial charge in [-0.3, -0.25) is 0 Å². The maximum absolute atomic E-state index is 5.96. The minimum Gasteiger partial charge on any atom is -0.457 e. The first-order valence-electron chi connectivity index (χ1n) is 17.1. The fourth-order valence-electron chi connectivity index (χ4n) is 5.46. The molecule has 0 bridgehead atoms. The summed E-state index contributed by atoms with van der Waals surface area (Å²) in [5.74, 6) is 3.38. The molecule has 0 aliphatic heterocycles. The maximum atomic E-state index is 5.96. The summed E-state index contributed by atoms with van der Waals surface area (Å²) in [7, 11) is 0. The number of ether oxygens (including phenoxy) is 2. The third-order valence-corrected chi connectivity index (χ3v) is 9.91. The second-order valence-electron chi connectivity index (χ2n) is 11.8. The standard InChI is InChI=1S/2C24H18OS.H2O/c2*1-3-11-21(12-4-1)25-22-13-7-9-19(17-22)20-10-8-16-24(18-20)26-23-14-5-2-6-15-23;/h2*1-18H;1H2. The first kappa shape index (κ1) is 36.8. The Hall–Kier alpha value is -5.98. The third kappa shape index (κ3) is 11.0. The van der Waals surface area contributed by atoms with Crippen LogP contribution in [0, 0.1) is 0 Å². The van der Waals surface area contributed by atoms with Gasteiger partial charge in [0.15, 0.2) is 0 Å². The van der Waals surface area contributed by atoms with Gasteiger partial charge in [-0.15, -0.1) is 0 Å². The second-order valence-corrected chi connectivity index (χ2v) is 14.1. The molecule has 0 saturated heterocycles. The van der Waals surface area contributed by atoms with E-state index in [4.69, 9.17) is 9.47 Å². The second kappa shape index (κ2) is 19.0. The van der Waals surface area contributed by atoms with Gasteiger partial charge in [0.05, 0.1) is 0 Å². The number of hydrogen-bond donors (Lipinski definition) is 0. The molecule has 3 nitrogen and oxygen atoms in total. The highest BCUT2D eigenvalue weighted by Gasteiger charge is 2.06. The molecular formula is C48H38O3S2. The van der Waals surface area contributed by atoms with Crippen molar-refractivity contribution in [1.29, 1.82) is 0 Å². The van der Waals surface area contributed by atoms with E-state index >= 15 is 0 Å². The fourth-order valence-corrected chi connectivity index (χ4v) is 7.25.